The van der Waals surface area contributed by atoms with Crippen molar-refractivity contribution in [1.82, 2.24) is 10.2 Å². The van der Waals surface area contributed by atoms with E-state index in [1.165, 1.54) is 5.57 Å². The molecule has 0 bridgehead atoms. The number of aliphatic carboxylic acids is 1. The Hall–Kier alpha value is -3.40. The molecule has 0 radical (unpaired) electrons. The van der Waals surface area contributed by atoms with Gasteiger partial charge >= 0.3 is 5.97 Å². The number of allylic oxidation sites excluding steroid dienone is 2. The number of ketones is 1. The summed E-state index contributed by atoms with van der Waals surface area (Å²) in [4.78, 5) is 55.6. The van der Waals surface area contributed by atoms with E-state index < -0.39 is 23.8 Å². The summed E-state index contributed by atoms with van der Waals surface area (Å²) < 4.78 is 10.9. The van der Waals surface area contributed by atoms with Gasteiger partial charge in [0.2, 0.25) is 11.8 Å². The standard InChI is InChI=1S/C43H62N2O8/c1-38(2)32-12-15-43(7)36(41(32,5)14-13-33(38)47)29(46)21-27-28-22-40(4,17-16-39(28,3)18-19-42(27,43)6)37(51)45(25-34(48)44-23-35(49)50)24-26-10-11-30(52-8)31(20-26)53-9/h10-11,20-21,28,32-33,36,47H,12-19,22-25H2,1-9H3,(H,44,48)(H,49,50)/t28-,32-,33-,36+,39+,40-,41-,42+,43+/m0/s1. The number of amides is 2. The minimum absolute atomic E-state index is 0.0181. The summed E-state index contributed by atoms with van der Waals surface area (Å²) in [5.74, 6) is -0.445. The summed E-state index contributed by atoms with van der Waals surface area (Å²) in [6.45, 7) is 15.1. The van der Waals surface area contributed by atoms with Crippen LogP contribution in [0.15, 0.2) is 29.8 Å². The van der Waals surface area contributed by atoms with Gasteiger partial charge in [-0.15, -0.1) is 0 Å². The van der Waals surface area contributed by atoms with E-state index in [1.54, 1.807) is 31.3 Å². The Bertz CT molecular complexity index is 1700. The minimum atomic E-state index is -1.16. The number of nitrogens with zero attached hydrogens (tertiary/aromatic N) is 1. The Balaban J connectivity index is 1.34. The first kappa shape index (κ1) is 39.3. The van der Waals surface area contributed by atoms with E-state index in [0.717, 1.165) is 44.1 Å². The number of aliphatic hydroxyl groups is 1. The highest BCUT2D eigenvalue weighted by Gasteiger charge is 2.70. The van der Waals surface area contributed by atoms with Gasteiger partial charge < -0.3 is 29.9 Å². The number of carbonyl (C=O) groups excluding carboxylic acids is 3. The lowest BCUT2D eigenvalue weighted by molar-refractivity contribution is -0.202. The fraction of sp³-hybridized carbons (Fsp3) is 0.721. The summed E-state index contributed by atoms with van der Waals surface area (Å²) in [5, 5.41) is 22.7. The number of hydrogen-bond donors (Lipinski definition) is 3. The number of benzene rings is 1. The van der Waals surface area contributed by atoms with Crippen LogP contribution in [0.4, 0.5) is 0 Å². The average Bonchev–Trinajstić information content (AvgIpc) is 3.10. The highest BCUT2D eigenvalue weighted by Crippen LogP contribution is 2.75. The molecule has 0 spiro atoms. The van der Waals surface area contributed by atoms with E-state index >= 15 is 0 Å². The van der Waals surface area contributed by atoms with Gasteiger partial charge in [-0.3, -0.25) is 19.2 Å². The van der Waals surface area contributed by atoms with Crippen LogP contribution < -0.4 is 14.8 Å². The highest BCUT2D eigenvalue weighted by molar-refractivity contribution is 5.96. The molecule has 0 heterocycles. The molecule has 2 amide bonds. The summed E-state index contributed by atoms with van der Waals surface area (Å²) in [7, 11) is 3.10. The molecular weight excluding hydrogens is 672 g/mol. The number of aliphatic hydroxyl groups excluding tert-OH is 1. The first-order valence-electron chi connectivity index (χ1n) is 19.6. The molecular formula is C43H62N2O8. The topological polar surface area (TPSA) is 142 Å². The molecule has 10 heteroatoms. The third kappa shape index (κ3) is 6.19. The Morgan fingerprint density at radius 3 is 2.25 bits per heavy atom. The SMILES string of the molecule is COc1ccc(CN(CC(=O)NCC(=O)O)C(=O)[C@@]2(C)CC[C@]3(C)CC[C@]4(C)C(=CC(=O)[C@@H]5[C@@]6(C)CC[C@H](O)C(C)(C)[C@@H]6CC[C@]54C)[C@@H]3C2)cc1OC. The molecule has 0 unspecified atom stereocenters. The molecule has 0 aliphatic heterocycles. The van der Waals surface area contributed by atoms with Gasteiger partial charge in [0.25, 0.3) is 0 Å². The second-order valence-corrected chi connectivity index (χ2v) is 19.1. The van der Waals surface area contributed by atoms with Crippen molar-refractivity contribution in [2.45, 2.75) is 119 Å². The third-order valence-corrected chi connectivity index (χ3v) is 15.9. The quantitative estimate of drug-likeness (QED) is 0.259. The average molecular weight is 735 g/mol. The number of rotatable bonds is 9. The van der Waals surface area contributed by atoms with E-state index in [4.69, 9.17) is 9.47 Å². The maximum absolute atomic E-state index is 14.9. The second kappa shape index (κ2) is 13.4. The highest BCUT2D eigenvalue weighted by atomic mass is 16.5. The van der Waals surface area contributed by atoms with Crippen molar-refractivity contribution < 1.29 is 38.9 Å². The van der Waals surface area contributed by atoms with Gasteiger partial charge in [0.15, 0.2) is 17.3 Å². The van der Waals surface area contributed by atoms with Gasteiger partial charge in [-0.05, 0) is 120 Å². The van der Waals surface area contributed by atoms with Gasteiger partial charge in [0, 0.05) is 17.9 Å². The number of fused-ring (bicyclic) bond motifs is 7. The number of hydrogen-bond acceptors (Lipinski definition) is 7. The molecule has 1 aromatic rings. The molecule has 5 aliphatic carbocycles. The van der Waals surface area contributed by atoms with Crippen LogP contribution in [0.2, 0.25) is 0 Å². The summed E-state index contributed by atoms with van der Waals surface area (Å²) in [6, 6.07) is 5.39. The Morgan fingerprint density at radius 1 is 0.906 bits per heavy atom. The van der Waals surface area contributed by atoms with Crippen molar-refractivity contribution in [3.8, 4) is 11.5 Å². The van der Waals surface area contributed by atoms with Crippen LogP contribution in [0.1, 0.15) is 112 Å². The number of methoxy groups -OCH3 is 2. The van der Waals surface area contributed by atoms with Crippen molar-refractivity contribution in [2.75, 3.05) is 27.3 Å². The molecule has 5 aliphatic rings. The number of carbonyl (C=O) groups is 4. The lowest BCUT2D eigenvalue weighted by Crippen LogP contribution is -2.66. The first-order chi connectivity index (χ1) is 24.7. The molecule has 4 saturated carbocycles. The second-order valence-electron chi connectivity index (χ2n) is 19.1. The molecule has 1 aromatic carbocycles. The summed E-state index contributed by atoms with van der Waals surface area (Å²) in [6.07, 6.45) is 9.16. The smallest absolute Gasteiger partial charge is 0.322 e. The predicted octanol–water partition coefficient (Wildman–Crippen LogP) is 6.57. The Kier molecular flexibility index (Phi) is 9.95. The van der Waals surface area contributed by atoms with Gasteiger partial charge in [-0.25, -0.2) is 0 Å². The maximum Gasteiger partial charge on any atom is 0.322 e. The number of carboxylic acids is 1. The van der Waals surface area contributed by atoms with E-state index in [9.17, 15) is 29.4 Å². The van der Waals surface area contributed by atoms with Crippen molar-refractivity contribution in [3.05, 3.63) is 35.4 Å². The van der Waals surface area contributed by atoms with Crippen LogP contribution in [0.25, 0.3) is 0 Å². The number of carboxylic acid groups (broad SMARTS) is 1. The number of nitrogens with one attached hydrogen (secondary N) is 1. The van der Waals surface area contributed by atoms with Crippen molar-refractivity contribution in [2.24, 2.45) is 50.2 Å². The molecule has 3 N–H and O–H groups in total. The molecule has 4 fully saturated rings. The molecule has 9 atom stereocenters. The van der Waals surface area contributed by atoms with Crippen LogP contribution in [0.5, 0.6) is 11.5 Å². The zero-order valence-corrected chi connectivity index (χ0v) is 33.4. The maximum atomic E-state index is 14.9. The van der Waals surface area contributed by atoms with Crippen LogP contribution in [-0.4, -0.2) is 72.1 Å². The minimum Gasteiger partial charge on any atom is -0.493 e. The van der Waals surface area contributed by atoms with Gasteiger partial charge in [-0.1, -0.05) is 60.1 Å². The van der Waals surface area contributed by atoms with E-state index in [2.05, 4.69) is 46.9 Å². The largest absolute Gasteiger partial charge is 0.493 e. The van der Waals surface area contributed by atoms with Crippen LogP contribution in [-0.2, 0) is 25.7 Å². The zero-order valence-electron chi connectivity index (χ0n) is 33.4. The van der Waals surface area contributed by atoms with Crippen LogP contribution in [0.3, 0.4) is 0 Å². The van der Waals surface area contributed by atoms with Gasteiger partial charge in [0.1, 0.15) is 6.54 Å². The molecule has 10 nitrogen and oxygen atoms in total. The number of ether oxygens (including phenoxy) is 2. The molecule has 0 aromatic heterocycles. The Morgan fingerprint density at radius 2 is 1.58 bits per heavy atom. The van der Waals surface area contributed by atoms with Gasteiger partial charge in [0.05, 0.1) is 26.9 Å². The fourth-order valence-electron chi connectivity index (χ4n) is 12.5. The van der Waals surface area contributed by atoms with Crippen molar-refractivity contribution in [3.63, 3.8) is 0 Å². The van der Waals surface area contributed by atoms with Crippen LogP contribution in [0, 0.1) is 50.2 Å². The summed E-state index contributed by atoms with van der Waals surface area (Å²) in [5.41, 5.74) is 0.126. The molecule has 0 saturated heterocycles. The molecule has 53 heavy (non-hydrogen) atoms. The first-order valence-corrected chi connectivity index (χ1v) is 19.6. The van der Waals surface area contributed by atoms with E-state index in [1.807, 2.05) is 19.1 Å². The lowest BCUT2D eigenvalue weighted by Gasteiger charge is -2.70. The Labute approximate surface area is 315 Å². The fourth-order valence-corrected chi connectivity index (χ4v) is 12.5. The van der Waals surface area contributed by atoms with E-state index in [0.29, 0.717) is 30.8 Å². The van der Waals surface area contributed by atoms with E-state index in [-0.39, 0.29) is 75.7 Å². The molecule has 6 rings (SSSR count). The zero-order chi connectivity index (χ0) is 38.9. The monoisotopic (exact) mass is 734 g/mol. The predicted molar refractivity (Wildman–Crippen MR) is 201 cm³/mol. The van der Waals surface area contributed by atoms with Crippen molar-refractivity contribution >= 4 is 23.6 Å². The summed E-state index contributed by atoms with van der Waals surface area (Å²) >= 11 is 0. The normalized spacial score (nSPS) is 38.5. The lowest BCUT2D eigenvalue weighted by atomic mass is 9.33. The van der Waals surface area contributed by atoms with Crippen molar-refractivity contribution in [1.29, 1.82) is 0 Å². The van der Waals surface area contributed by atoms with Crippen LogP contribution >= 0.6 is 0 Å². The third-order valence-electron chi connectivity index (χ3n) is 15.9. The van der Waals surface area contributed by atoms with Gasteiger partial charge in [-0.2, -0.15) is 0 Å². The molecule has 292 valence electrons.